The van der Waals surface area contributed by atoms with Gasteiger partial charge in [-0.05, 0) is 30.4 Å². The molecular weight excluding hydrogens is 361 g/mol. The zero-order valence-corrected chi connectivity index (χ0v) is 11.9. The molecule has 0 saturated carbocycles. The third kappa shape index (κ3) is 3.07. The second-order valence-electron chi connectivity index (χ2n) is 3.61. The van der Waals surface area contributed by atoms with E-state index in [9.17, 15) is 18.3 Å². The summed E-state index contributed by atoms with van der Waals surface area (Å²) in [6, 6.07) is 4.46. The lowest BCUT2D eigenvalue weighted by Gasteiger charge is -2.04. The number of nitrogens with zero attached hydrogens (tertiary/aromatic N) is 3. The highest BCUT2D eigenvalue weighted by atomic mass is 79.9. The van der Waals surface area contributed by atoms with Crippen LogP contribution in [-0.2, 0) is 6.18 Å². The average molecular weight is 367 g/mol. The van der Waals surface area contributed by atoms with E-state index in [4.69, 9.17) is 0 Å². The van der Waals surface area contributed by atoms with Crippen molar-refractivity contribution in [2.24, 2.45) is 5.10 Å². The van der Waals surface area contributed by atoms with Crippen molar-refractivity contribution in [3.8, 4) is 5.75 Å². The molecule has 0 atom stereocenters. The van der Waals surface area contributed by atoms with Gasteiger partial charge in [0.05, 0.1) is 6.21 Å². The van der Waals surface area contributed by atoms with Crippen LogP contribution >= 0.6 is 28.1 Å². The molecule has 0 bridgehead atoms. The Morgan fingerprint density at radius 3 is 2.80 bits per heavy atom. The first-order chi connectivity index (χ1) is 9.29. The molecule has 0 spiro atoms. The van der Waals surface area contributed by atoms with Crippen LogP contribution in [-0.4, -0.2) is 26.2 Å². The summed E-state index contributed by atoms with van der Waals surface area (Å²) in [4.78, 5) is 0. The molecule has 0 saturated heterocycles. The summed E-state index contributed by atoms with van der Waals surface area (Å²) >= 11 is 7.85. The molecule has 0 aliphatic heterocycles. The molecule has 1 aromatic heterocycles. The number of hydrogen-bond acceptors (Lipinski definition) is 4. The SMILES string of the molecule is Oc1ccc(Br)cc1/C=N\n1c(C(F)(F)F)n[nH]c1=S. The first-order valence-electron chi connectivity index (χ1n) is 5.06. The molecule has 0 aliphatic carbocycles. The lowest BCUT2D eigenvalue weighted by molar-refractivity contribution is -0.147. The molecular formula is C10H6BrF3N4OS. The molecule has 0 unspecified atom stereocenters. The first kappa shape index (κ1) is 14.7. The normalized spacial score (nSPS) is 12.2. The number of H-pyrrole nitrogens is 1. The van der Waals surface area contributed by atoms with Crippen LogP contribution in [0.1, 0.15) is 11.4 Å². The van der Waals surface area contributed by atoms with Crippen molar-refractivity contribution >= 4 is 34.4 Å². The fourth-order valence-electron chi connectivity index (χ4n) is 1.33. The van der Waals surface area contributed by atoms with Crippen LogP contribution < -0.4 is 0 Å². The lowest BCUT2D eigenvalue weighted by Crippen LogP contribution is -2.12. The molecule has 1 heterocycles. The number of phenolic OH excluding ortho intramolecular Hbond substituents is 1. The Morgan fingerprint density at radius 1 is 1.45 bits per heavy atom. The van der Waals surface area contributed by atoms with Crippen LogP contribution in [0.5, 0.6) is 5.75 Å². The summed E-state index contributed by atoms with van der Waals surface area (Å²) in [5.74, 6) is -1.39. The van der Waals surface area contributed by atoms with Crippen molar-refractivity contribution in [2.75, 3.05) is 0 Å². The van der Waals surface area contributed by atoms with E-state index in [1.54, 1.807) is 6.07 Å². The van der Waals surface area contributed by atoms with Gasteiger partial charge in [-0.15, -0.1) is 5.10 Å². The molecule has 10 heteroatoms. The van der Waals surface area contributed by atoms with Crippen molar-refractivity contribution in [1.29, 1.82) is 0 Å². The molecule has 5 nitrogen and oxygen atoms in total. The van der Waals surface area contributed by atoms with Gasteiger partial charge in [0.2, 0.25) is 4.77 Å². The van der Waals surface area contributed by atoms with Crippen LogP contribution in [0.2, 0.25) is 0 Å². The average Bonchev–Trinajstić information content (AvgIpc) is 2.72. The minimum absolute atomic E-state index is 0.125. The number of aromatic nitrogens is 3. The van der Waals surface area contributed by atoms with Crippen molar-refractivity contribution in [3.05, 3.63) is 38.8 Å². The van der Waals surface area contributed by atoms with Gasteiger partial charge in [0, 0.05) is 10.0 Å². The minimum atomic E-state index is -4.69. The number of aromatic hydroxyl groups is 1. The van der Waals surface area contributed by atoms with Crippen molar-refractivity contribution in [2.45, 2.75) is 6.18 Å². The number of aromatic amines is 1. The van der Waals surface area contributed by atoms with E-state index in [0.29, 0.717) is 9.15 Å². The molecule has 0 fully saturated rings. The summed E-state index contributed by atoms with van der Waals surface area (Å²) in [7, 11) is 0. The number of halogens is 4. The highest BCUT2D eigenvalue weighted by molar-refractivity contribution is 9.10. The van der Waals surface area contributed by atoms with Gasteiger partial charge in [0.25, 0.3) is 5.82 Å². The number of rotatable bonds is 2. The van der Waals surface area contributed by atoms with Gasteiger partial charge in [-0.3, -0.25) is 0 Å². The lowest BCUT2D eigenvalue weighted by atomic mass is 10.2. The second kappa shape index (κ2) is 5.37. The first-order valence-corrected chi connectivity index (χ1v) is 6.26. The number of phenols is 1. The van der Waals surface area contributed by atoms with Gasteiger partial charge < -0.3 is 5.11 Å². The Balaban J connectivity index is 2.45. The number of nitrogens with one attached hydrogen (secondary N) is 1. The quantitative estimate of drug-likeness (QED) is 0.632. The van der Waals surface area contributed by atoms with Crippen LogP contribution in [0.25, 0.3) is 0 Å². The van der Waals surface area contributed by atoms with Crippen LogP contribution in [0.3, 0.4) is 0 Å². The highest BCUT2D eigenvalue weighted by Gasteiger charge is 2.37. The fraction of sp³-hybridized carbons (Fsp3) is 0.100. The van der Waals surface area contributed by atoms with Gasteiger partial charge in [-0.1, -0.05) is 15.9 Å². The van der Waals surface area contributed by atoms with Crippen molar-refractivity contribution in [3.63, 3.8) is 0 Å². The van der Waals surface area contributed by atoms with Crippen LogP contribution in [0.15, 0.2) is 27.8 Å². The Labute approximate surface area is 123 Å². The van der Waals surface area contributed by atoms with E-state index >= 15 is 0 Å². The fourth-order valence-corrected chi connectivity index (χ4v) is 1.89. The predicted molar refractivity (Wildman–Crippen MR) is 71.2 cm³/mol. The molecule has 20 heavy (non-hydrogen) atoms. The maximum Gasteiger partial charge on any atom is 0.453 e. The Kier molecular flexibility index (Phi) is 3.95. The highest BCUT2D eigenvalue weighted by Crippen LogP contribution is 2.27. The second-order valence-corrected chi connectivity index (χ2v) is 4.91. The van der Waals surface area contributed by atoms with Crippen LogP contribution in [0, 0.1) is 4.77 Å². The van der Waals surface area contributed by atoms with Crippen molar-refractivity contribution < 1.29 is 18.3 Å². The van der Waals surface area contributed by atoms with E-state index in [1.807, 2.05) is 5.10 Å². The van der Waals surface area contributed by atoms with Crippen LogP contribution in [0.4, 0.5) is 13.2 Å². The number of benzene rings is 1. The summed E-state index contributed by atoms with van der Waals surface area (Å²) in [5.41, 5.74) is 0.232. The molecule has 0 radical (unpaired) electrons. The zero-order chi connectivity index (χ0) is 14.9. The topological polar surface area (TPSA) is 66.2 Å². The van der Waals surface area contributed by atoms with E-state index in [0.717, 1.165) is 6.21 Å². The van der Waals surface area contributed by atoms with Gasteiger partial charge in [-0.25, -0.2) is 5.10 Å². The smallest absolute Gasteiger partial charge is 0.453 e. The molecule has 2 N–H and O–H groups in total. The minimum Gasteiger partial charge on any atom is -0.507 e. The Hall–Kier alpha value is -1.68. The van der Waals surface area contributed by atoms with Gasteiger partial charge >= 0.3 is 6.18 Å². The molecule has 0 amide bonds. The van der Waals surface area contributed by atoms with E-state index in [1.165, 1.54) is 12.1 Å². The zero-order valence-electron chi connectivity index (χ0n) is 9.52. The number of alkyl halides is 3. The summed E-state index contributed by atoms with van der Waals surface area (Å²) in [5, 5.41) is 18.3. The summed E-state index contributed by atoms with van der Waals surface area (Å²) in [6.45, 7) is 0. The van der Waals surface area contributed by atoms with Gasteiger partial charge in [-0.2, -0.15) is 22.9 Å². The van der Waals surface area contributed by atoms with Gasteiger partial charge in [0.1, 0.15) is 5.75 Å². The summed E-state index contributed by atoms with van der Waals surface area (Å²) < 4.78 is 38.7. The standard InChI is InChI=1S/C10H6BrF3N4OS/c11-6-1-2-7(19)5(3-6)4-15-18-8(10(12,13)14)16-17-9(18)20/h1-4,19H,(H,17,20)/b15-4-. The largest absolute Gasteiger partial charge is 0.507 e. The van der Waals surface area contributed by atoms with Gasteiger partial charge in [0.15, 0.2) is 0 Å². The third-order valence-corrected chi connectivity index (χ3v) is 2.96. The maximum absolute atomic E-state index is 12.7. The van der Waals surface area contributed by atoms with E-state index in [-0.39, 0.29) is 16.1 Å². The summed E-state index contributed by atoms with van der Waals surface area (Å²) in [6.07, 6.45) is -3.63. The molecule has 1 aromatic carbocycles. The van der Waals surface area contributed by atoms with Crippen molar-refractivity contribution in [1.82, 2.24) is 14.9 Å². The molecule has 2 aromatic rings. The molecule has 106 valence electrons. The number of hydrogen-bond donors (Lipinski definition) is 2. The Bertz CT molecular complexity index is 722. The van der Waals surface area contributed by atoms with E-state index < -0.39 is 12.0 Å². The molecule has 0 aliphatic rings. The van der Waals surface area contributed by atoms with E-state index in [2.05, 4.69) is 38.3 Å². The third-order valence-electron chi connectivity index (χ3n) is 2.21. The molecule has 2 rings (SSSR count). The maximum atomic E-state index is 12.7. The predicted octanol–water partition coefficient (Wildman–Crippen LogP) is 3.31. The monoisotopic (exact) mass is 366 g/mol. The Morgan fingerprint density at radius 2 is 2.15 bits per heavy atom.